The van der Waals surface area contributed by atoms with Crippen LogP contribution in [0.3, 0.4) is 0 Å². The Morgan fingerprint density at radius 3 is 2.80 bits per heavy atom. The summed E-state index contributed by atoms with van der Waals surface area (Å²) in [6.07, 6.45) is 2.60. The summed E-state index contributed by atoms with van der Waals surface area (Å²) in [5.41, 5.74) is 1.27. The van der Waals surface area contributed by atoms with Crippen LogP contribution in [0.1, 0.15) is 18.4 Å². The van der Waals surface area contributed by atoms with Gasteiger partial charge in [0.25, 0.3) is 0 Å². The average Bonchev–Trinajstić information content (AvgIpc) is 3.23. The molecule has 1 saturated carbocycles. The summed E-state index contributed by atoms with van der Waals surface area (Å²) in [6, 6.07) is 15.2. The van der Waals surface area contributed by atoms with E-state index in [1.807, 2.05) is 12.1 Å². The van der Waals surface area contributed by atoms with Crippen LogP contribution in [0, 0.1) is 0 Å². The number of hydrogen-bond donors (Lipinski definition) is 1. The monoisotopic (exact) mass is 367 g/mol. The molecule has 0 heterocycles. The van der Waals surface area contributed by atoms with E-state index in [1.54, 1.807) is 11.8 Å². The lowest BCUT2D eigenvalue weighted by Gasteiger charge is -2.11. The lowest BCUT2D eigenvalue weighted by Crippen LogP contribution is -2.15. The Labute approximate surface area is 137 Å². The van der Waals surface area contributed by atoms with Gasteiger partial charge in [0.1, 0.15) is 0 Å². The zero-order valence-corrected chi connectivity index (χ0v) is 14.1. The van der Waals surface area contributed by atoms with Crippen LogP contribution in [-0.4, -0.2) is 6.04 Å². The first kappa shape index (κ1) is 14.5. The highest BCUT2D eigenvalue weighted by Crippen LogP contribution is 2.33. The van der Waals surface area contributed by atoms with Crippen molar-refractivity contribution >= 4 is 39.3 Å². The Balaban J connectivity index is 1.79. The molecule has 0 amide bonds. The molecule has 1 aliphatic rings. The van der Waals surface area contributed by atoms with Crippen molar-refractivity contribution in [1.82, 2.24) is 5.32 Å². The topological polar surface area (TPSA) is 12.0 Å². The molecular weight excluding hydrogens is 354 g/mol. The summed E-state index contributed by atoms with van der Waals surface area (Å²) < 4.78 is 1.11. The first-order valence-electron chi connectivity index (χ1n) is 6.66. The molecule has 104 valence electrons. The minimum Gasteiger partial charge on any atom is -0.310 e. The second kappa shape index (κ2) is 6.52. The minimum atomic E-state index is 0.706. The first-order valence-corrected chi connectivity index (χ1v) is 8.65. The Morgan fingerprint density at radius 2 is 2.05 bits per heavy atom. The summed E-state index contributed by atoms with van der Waals surface area (Å²) >= 11 is 11.4. The predicted molar refractivity (Wildman–Crippen MR) is 89.6 cm³/mol. The molecule has 0 atom stereocenters. The largest absolute Gasteiger partial charge is 0.310 e. The van der Waals surface area contributed by atoms with Crippen molar-refractivity contribution < 1.29 is 0 Å². The third-order valence-electron chi connectivity index (χ3n) is 3.20. The molecule has 3 rings (SSSR count). The number of rotatable bonds is 5. The van der Waals surface area contributed by atoms with E-state index in [2.05, 4.69) is 51.6 Å². The van der Waals surface area contributed by atoms with Crippen LogP contribution >= 0.6 is 39.3 Å². The second-order valence-electron chi connectivity index (χ2n) is 4.97. The zero-order valence-electron chi connectivity index (χ0n) is 10.9. The van der Waals surface area contributed by atoms with Crippen molar-refractivity contribution in [1.29, 1.82) is 0 Å². The highest BCUT2D eigenvalue weighted by atomic mass is 79.9. The van der Waals surface area contributed by atoms with Gasteiger partial charge in [0.2, 0.25) is 0 Å². The lowest BCUT2D eigenvalue weighted by atomic mass is 10.2. The highest BCUT2D eigenvalue weighted by molar-refractivity contribution is 9.10. The van der Waals surface area contributed by atoms with Gasteiger partial charge >= 0.3 is 0 Å². The van der Waals surface area contributed by atoms with Crippen LogP contribution in [0.15, 0.2) is 56.7 Å². The van der Waals surface area contributed by atoms with Gasteiger partial charge < -0.3 is 5.32 Å². The molecule has 0 unspecified atom stereocenters. The second-order valence-corrected chi connectivity index (χ2v) is 7.43. The van der Waals surface area contributed by atoms with Crippen LogP contribution in [0.5, 0.6) is 0 Å². The molecule has 20 heavy (non-hydrogen) atoms. The number of hydrogen-bond acceptors (Lipinski definition) is 2. The van der Waals surface area contributed by atoms with Gasteiger partial charge in [-0.25, -0.2) is 0 Å². The number of nitrogens with one attached hydrogen (secondary N) is 1. The van der Waals surface area contributed by atoms with Gasteiger partial charge in [-0.15, -0.1) is 0 Å². The molecule has 0 saturated heterocycles. The van der Waals surface area contributed by atoms with E-state index < -0.39 is 0 Å². The van der Waals surface area contributed by atoms with Crippen molar-refractivity contribution in [3.63, 3.8) is 0 Å². The van der Waals surface area contributed by atoms with Gasteiger partial charge in [0.15, 0.2) is 0 Å². The minimum absolute atomic E-state index is 0.706. The quantitative estimate of drug-likeness (QED) is 0.747. The van der Waals surface area contributed by atoms with E-state index in [0.717, 1.165) is 16.0 Å². The van der Waals surface area contributed by atoms with Gasteiger partial charge in [-0.05, 0) is 54.8 Å². The van der Waals surface area contributed by atoms with Crippen molar-refractivity contribution in [3.8, 4) is 0 Å². The molecule has 0 bridgehead atoms. The normalized spacial score (nSPS) is 14.5. The van der Waals surface area contributed by atoms with E-state index in [9.17, 15) is 0 Å². The van der Waals surface area contributed by atoms with Gasteiger partial charge in [-0.1, -0.05) is 45.4 Å². The van der Waals surface area contributed by atoms with E-state index in [1.165, 1.54) is 28.2 Å². The smallest absolute Gasteiger partial charge is 0.0410 e. The van der Waals surface area contributed by atoms with Gasteiger partial charge in [-0.2, -0.15) is 0 Å². The van der Waals surface area contributed by atoms with Gasteiger partial charge in [-0.3, -0.25) is 0 Å². The lowest BCUT2D eigenvalue weighted by molar-refractivity contribution is 0.680. The maximum absolute atomic E-state index is 6.13. The Bertz CT molecular complexity index is 613. The molecule has 0 radical (unpaired) electrons. The third kappa shape index (κ3) is 4.01. The van der Waals surface area contributed by atoms with Crippen LogP contribution < -0.4 is 5.32 Å². The van der Waals surface area contributed by atoms with Crippen molar-refractivity contribution in [2.45, 2.75) is 35.2 Å². The molecule has 1 nitrogen and oxygen atoms in total. The van der Waals surface area contributed by atoms with Crippen molar-refractivity contribution in [2.75, 3.05) is 0 Å². The molecule has 2 aromatic carbocycles. The SMILES string of the molecule is Clc1ccc(Sc2cccc(Br)c2)c(CNC2CC2)c1. The predicted octanol–water partition coefficient (Wildman–Crippen LogP) is 5.51. The summed E-state index contributed by atoms with van der Waals surface area (Å²) in [7, 11) is 0. The van der Waals surface area contributed by atoms with E-state index in [-0.39, 0.29) is 0 Å². The fraction of sp³-hybridized carbons (Fsp3) is 0.250. The Kier molecular flexibility index (Phi) is 4.72. The number of benzene rings is 2. The molecule has 1 N–H and O–H groups in total. The fourth-order valence-electron chi connectivity index (χ4n) is 1.98. The van der Waals surface area contributed by atoms with Crippen molar-refractivity contribution in [3.05, 3.63) is 57.5 Å². The fourth-order valence-corrected chi connectivity index (χ4v) is 3.72. The van der Waals surface area contributed by atoms with Crippen LogP contribution in [0.25, 0.3) is 0 Å². The summed E-state index contributed by atoms with van der Waals surface area (Å²) in [5, 5.41) is 4.36. The molecule has 0 aliphatic heterocycles. The van der Waals surface area contributed by atoms with Gasteiger partial charge in [0, 0.05) is 31.9 Å². The first-order chi connectivity index (χ1) is 9.70. The summed E-state index contributed by atoms with van der Waals surface area (Å²) in [6.45, 7) is 0.890. The van der Waals surface area contributed by atoms with Crippen LogP contribution in [0.4, 0.5) is 0 Å². The summed E-state index contributed by atoms with van der Waals surface area (Å²) in [4.78, 5) is 2.50. The van der Waals surface area contributed by atoms with E-state index in [4.69, 9.17) is 11.6 Å². The van der Waals surface area contributed by atoms with Crippen molar-refractivity contribution in [2.24, 2.45) is 0 Å². The maximum Gasteiger partial charge on any atom is 0.0410 e. The molecule has 4 heteroatoms. The molecular formula is C16H15BrClNS. The molecule has 0 spiro atoms. The standard InChI is InChI=1S/C16H15BrClNS/c17-12-2-1-3-15(9-12)20-16-7-4-13(18)8-11(16)10-19-14-5-6-14/h1-4,7-9,14,19H,5-6,10H2. The molecule has 1 fully saturated rings. The van der Waals surface area contributed by atoms with Gasteiger partial charge in [0.05, 0.1) is 0 Å². The zero-order chi connectivity index (χ0) is 13.9. The van der Waals surface area contributed by atoms with E-state index in [0.29, 0.717) is 6.04 Å². The molecule has 1 aliphatic carbocycles. The maximum atomic E-state index is 6.13. The Hall–Kier alpha value is -0.480. The van der Waals surface area contributed by atoms with Crippen LogP contribution in [0.2, 0.25) is 5.02 Å². The third-order valence-corrected chi connectivity index (χ3v) is 5.04. The average molecular weight is 369 g/mol. The highest BCUT2D eigenvalue weighted by Gasteiger charge is 2.20. The van der Waals surface area contributed by atoms with Crippen LogP contribution in [-0.2, 0) is 6.54 Å². The Morgan fingerprint density at radius 1 is 1.20 bits per heavy atom. The summed E-state index contributed by atoms with van der Waals surface area (Å²) in [5.74, 6) is 0. The molecule has 0 aromatic heterocycles. The van der Waals surface area contributed by atoms with E-state index >= 15 is 0 Å². The number of halogens is 2. The molecule has 2 aromatic rings.